The van der Waals surface area contributed by atoms with Gasteiger partial charge in [0, 0.05) is 6.42 Å². The van der Waals surface area contributed by atoms with Crippen molar-refractivity contribution in [1.82, 2.24) is 0 Å². The summed E-state index contributed by atoms with van der Waals surface area (Å²) in [5.74, 6) is -1.30. The second-order valence-corrected chi connectivity index (χ2v) is 7.19. The highest BCUT2D eigenvalue weighted by Gasteiger charge is 2.30. The van der Waals surface area contributed by atoms with Crippen LogP contribution in [-0.2, 0) is 20.0 Å². The Balaban J connectivity index is 2.06. The number of aliphatic carboxylic acids is 1. The maximum absolute atomic E-state index is 12.3. The summed E-state index contributed by atoms with van der Waals surface area (Å²) in [7, 11) is -4.09. The highest BCUT2D eigenvalue weighted by molar-refractivity contribution is 7.52. The van der Waals surface area contributed by atoms with Crippen molar-refractivity contribution in [2.75, 3.05) is 0 Å². The molecule has 0 bridgehead atoms. The van der Waals surface area contributed by atoms with E-state index in [0.29, 0.717) is 11.1 Å². The van der Waals surface area contributed by atoms with Crippen molar-refractivity contribution in [1.29, 1.82) is 0 Å². The van der Waals surface area contributed by atoms with Crippen molar-refractivity contribution >= 4 is 19.1 Å². The molecule has 2 N–H and O–H groups in total. The lowest BCUT2D eigenvalue weighted by atomic mass is 10.0. The summed E-state index contributed by atoms with van der Waals surface area (Å²) >= 11 is 0. The Morgan fingerprint density at radius 2 is 1.62 bits per heavy atom. The van der Waals surface area contributed by atoms with Gasteiger partial charge in [0.15, 0.2) is 6.10 Å². The molecule has 2 rings (SSSR count). The lowest BCUT2D eigenvalue weighted by Crippen LogP contribution is -2.23. The number of carboxylic acids is 1. The first-order valence-electron chi connectivity index (χ1n) is 7.37. The fraction of sp³-hybridized carbons (Fsp3) is 0.167. The zero-order valence-electron chi connectivity index (χ0n) is 13.0. The molecule has 0 heterocycles. The first kappa shape index (κ1) is 18.1. The molecule has 2 aromatic carbocycles. The van der Waals surface area contributed by atoms with Gasteiger partial charge in [-0.3, -0.25) is 9.09 Å². The fourth-order valence-corrected chi connectivity index (χ4v) is 3.54. The van der Waals surface area contributed by atoms with E-state index in [-0.39, 0.29) is 12.6 Å². The maximum Gasteiger partial charge on any atom is 0.333 e. The summed E-state index contributed by atoms with van der Waals surface area (Å²) in [4.78, 5) is 21.4. The average molecular weight is 346 g/mol. The third-order valence-corrected chi connectivity index (χ3v) is 4.76. The first-order valence-corrected chi connectivity index (χ1v) is 9.14. The summed E-state index contributed by atoms with van der Waals surface area (Å²) in [5.41, 5.74) is 1.90. The van der Waals surface area contributed by atoms with Gasteiger partial charge in [0.2, 0.25) is 0 Å². The van der Waals surface area contributed by atoms with E-state index in [0.717, 1.165) is 5.56 Å². The minimum atomic E-state index is -4.09. The summed E-state index contributed by atoms with van der Waals surface area (Å²) in [6.45, 7) is 3.85. The van der Waals surface area contributed by atoms with Gasteiger partial charge in [0.25, 0.3) is 0 Å². The Labute approximate surface area is 140 Å². The van der Waals surface area contributed by atoms with E-state index in [9.17, 15) is 19.4 Å². The molecule has 126 valence electrons. The maximum atomic E-state index is 12.3. The van der Waals surface area contributed by atoms with Gasteiger partial charge in [0.05, 0.1) is 6.16 Å². The molecule has 2 aromatic rings. The van der Waals surface area contributed by atoms with Gasteiger partial charge in [-0.15, -0.1) is 0 Å². The third kappa shape index (κ3) is 5.46. The van der Waals surface area contributed by atoms with E-state index < -0.39 is 19.7 Å². The molecule has 0 aliphatic carbocycles. The van der Waals surface area contributed by atoms with Crippen molar-refractivity contribution < 1.29 is 23.9 Å². The lowest BCUT2D eigenvalue weighted by Gasteiger charge is -2.19. The third-order valence-electron chi connectivity index (χ3n) is 3.41. The van der Waals surface area contributed by atoms with Crippen LogP contribution in [0.2, 0.25) is 0 Å². The fourth-order valence-electron chi connectivity index (χ4n) is 2.24. The topological polar surface area (TPSA) is 83.8 Å². The standard InChI is InChI=1S/C18H19O5P/c1-14(16-10-6-3-7-11-16)12-17(18(19)20)23-24(21,22)13-15-8-4-2-5-9-15/h2-11,17H,1,12-13H2,(H,19,20)(H,21,22). The number of hydrogen-bond donors (Lipinski definition) is 2. The van der Waals surface area contributed by atoms with Gasteiger partial charge in [-0.2, -0.15) is 0 Å². The van der Waals surface area contributed by atoms with Crippen LogP contribution in [0.1, 0.15) is 17.5 Å². The molecule has 0 fully saturated rings. The molecular weight excluding hydrogens is 327 g/mol. The zero-order valence-corrected chi connectivity index (χ0v) is 13.9. The van der Waals surface area contributed by atoms with Crippen LogP contribution in [-0.4, -0.2) is 22.1 Å². The quantitative estimate of drug-likeness (QED) is 0.707. The predicted molar refractivity (Wildman–Crippen MR) is 92.6 cm³/mol. The van der Waals surface area contributed by atoms with E-state index in [4.69, 9.17) is 4.52 Å². The lowest BCUT2D eigenvalue weighted by molar-refractivity contribution is -0.145. The van der Waals surface area contributed by atoms with E-state index >= 15 is 0 Å². The molecule has 0 saturated carbocycles. The van der Waals surface area contributed by atoms with Crippen LogP contribution < -0.4 is 0 Å². The van der Waals surface area contributed by atoms with E-state index in [1.165, 1.54) is 0 Å². The molecule has 0 aromatic heterocycles. The molecule has 0 aliphatic rings. The molecule has 24 heavy (non-hydrogen) atoms. The van der Waals surface area contributed by atoms with Crippen LogP contribution in [0, 0.1) is 0 Å². The predicted octanol–water partition coefficient (Wildman–Crippen LogP) is 3.95. The van der Waals surface area contributed by atoms with Crippen LogP contribution in [0.4, 0.5) is 0 Å². The van der Waals surface area contributed by atoms with Gasteiger partial charge < -0.3 is 10.00 Å². The second kappa shape index (κ2) is 8.06. The molecular formula is C18H19O5P. The molecule has 2 atom stereocenters. The molecule has 0 amide bonds. The normalized spacial score (nSPS) is 14.5. The average Bonchev–Trinajstić information content (AvgIpc) is 2.55. The Hall–Kier alpha value is -2.20. The molecule has 0 aliphatic heterocycles. The summed E-state index contributed by atoms with van der Waals surface area (Å²) in [6.07, 6.45) is -1.74. The van der Waals surface area contributed by atoms with Crippen LogP contribution >= 0.6 is 7.60 Å². The number of rotatable bonds is 8. The van der Waals surface area contributed by atoms with E-state index in [1.807, 2.05) is 18.2 Å². The summed E-state index contributed by atoms with van der Waals surface area (Å²) in [6, 6.07) is 17.7. The van der Waals surface area contributed by atoms with Gasteiger partial charge >= 0.3 is 13.6 Å². The SMILES string of the molecule is C=C(CC(OP(=O)(O)Cc1ccccc1)C(=O)O)c1ccccc1. The van der Waals surface area contributed by atoms with Gasteiger partial charge in [0.1, 0.15) is 0 Å². The van der Waals surface area contributed by atoms with Crippen LogP contribution in [0.15, 0.2) is 67.2 Å². The molecule has 6 heteroatoms. The van der Waals surface area contributed by atoms with Crippen molar-refractivity contribution in [3.63, 3.8) is 0 Å². The van der Waals surface area contributed by atoms with Gasteiger partial charge in [-0.1, -0.05) is 67.2 Å². The monoisotopic (exact) mass is 346 g/mol. The zero-order chi connectivity index (χ0) is 17.6. The van der Waals surface area contributed by atoms with Crippen molar-refractivity contribution in [2.45, 2.75) is 18.7 Å². The smallest absolute Gasteiger partial charge is 0.333 e. The summed E-state index contributed by atoms with van der Waals surface area (Å²) < 4.78 is 17.3. The van der Waals surface area contributed by atoms with E-state index in [2.05, 4.69) is 6.58 Å². The molecule has 0 radical (unpaired) electrons. The minimum absolute atomic E-state index is 0.0707. The molecule has 0 saturated heterocycles. The largest absolute Gasteiger partial charge is 0.479 e. The second-order valence-electron chi connectivity index (χ2n) is 5.39. The highest BCUT2D eigenvalue weighted by Crippen LogP contribution is 2.47. The summed E-state index contributed by atoms with van der Waals surface area (Å²) in [5, 5.41) is 9.30. The number of carbonyl (C=O) groups is 1. The van der Waals surface area contributed by atoms with Crippen molar-refractivity contribution in [3.05, 3.63) is 78.4 Å². The van der Waals surface area contributed by atoms with Crippen molar-refractivity contribution in [2.24, 2.45) is 0 Å². The highest BCUT2D eigenvalue weighted by atomic mass is 31.2. The number of carboxylic acid groups (broad SMARTS) is 1. The van der Waals surface area contributed by atoms with Crippen LogP contribution in [0.25, 0.3) is 5.57 Å². The molecule has 2 unspecified atom stereocenters. The van der Waals surface area contributed by atoms with Gasteiger partial charge in [-0.25, -0.2) is 4.79 Å². The van der Waals surface area contributed by atoms with E-state index in [1.54, 1.807) is 42.5 Å². The number of benzene rings is 2. The Morgan fingerprint density at radius 1 is 1.08 bits per heavy atom. The first-order chi connectivity index (χ1) is 11.4. The van der Waals surface area contributed by atoms with Crippen LogP contribution in [0.3, 0.4) is 0 Å². The van der Waals surface area contributed by atoms with Crippen LogP contribution in [0.5, 0.6) is 0 Å². The Morgan fingerprint density at radius 3 is 2.17 bits per heavy atom. The molecule has 0 spiro atoms. The molecule has 5 nitrogen and oxygen atoms in total. The minimum Gasteiger partial charge on any atom is -0.479 e. The Bertz CT molecular complexity index is 743. The number of hydrogen-bond acceptors (Lipinski definition) is 3. The van der Waals surface area contributed by atoms with Gasteiger partial charge in [-0.05, 0) is 16.7 Å². The van der Waals surface area contributed by atoms with Crippen molar-refractivity contribution in [3.8, 4) is 0 Å². The Kier molecular flexibility index (Phi) is 6.10.